The molecule has 7 heteroatoms. The van der Waals surface area contributed by atoms with Crippen molar-refractivity contribution in [3.8, 4) is 11.1 Å². The van der Waals surface area contributed by atoms with E-state index in [1.54, 1.807) is 0 Å². The van der Waals surface area contributed by atoms with Gasteiger partial charge >= 0.3 is 12.1 Å². The van der Waals surface area contributed by atoms with Gasteiger partial charge in [0.25, 0.3) is 0 Å². The number of carboxylic acid groups (broad SMARTS) is 1. The Morgan fingerprint density at radius 2 is 1.85 bits per heavy atom. The first-order valence-electron chi connectivity index (χ1n) is 8.59. The molecule has 27 heavy (non-hydrogen) atoms. The number of benzene rings is 2. The van der Waals surface area contributed by atoms with E-state index in [0.29, 0.717) is 0 Å². The predicted octanol–water partition coefficient (Wildman–Crippen LogP) is 2.20. The predicted molar refractivity (Wildman–Crippen MR) is 97.9 cm³/mol. The number of primary amides is 1. The van der Waals surface area contributed by atoms with Crippen molar-refractivity contribution in [1.82, 2.24) is 5.32 Å². The van der Waals surface area contributed by atoms with Crippen molar-refractivity contribution in [1.29, 1.82) is 0 Å². The molecule has 0 heterocycles. The zero-order valence-electron chi connectivity index (χ0n) is 14.6. The van der Waals surface area contributed by atoms with E-state index in [2.05, 4.69) is 17.4 Å². The van der Waals surface area contributed by atoms with E-state index in [-0.39, 0.29) is 19.4 Å². The van der Waals surface area contributed by atoms with Crippen LogP contribution in [0, 0.1) is 0 Å². The third-order valence-electron chi connectivity index (χ3n) is 4.58. The summed E-state index contributed by atoms with van der Waals surface area (Å²) in [6.45, 7) is 0.0329. The number of carbonyl (C=O) groups is 3. The molecule has 1 aliphatic carbocycles. The second kappa shape index (κ2) is 7.90. The molecule has 2 aromatic carbocycles. The van der Waals surface area contributed by atoms with Crippen LogP contribution in [0.2, 0.25) is 0 Å². The molecule has 0 saturated heterocycles. The molecule has 0 saturated carbocycles. The van der Waals surface area contributed by atoms with Crippen LogP contribution in [-0.4, -0.2) is 29.1 Å². The Hall–Kier alpha value is -3.35. The molecule has 3 rings (SSSR count). The van der Waals surface area contributed by atoms with Crippen molar-refractivity contribution in [3.05, 3.63) is 59.2 Å². The lowest BCUT2D eigenvalue weighted by Gasteiger charge is -2.15. The van der Waals surface area contributed by atoms with Gasteiger partial charge in [-0.2, -0.15) is 0 Å². The molecule has 0 spiro atoms. The summed E-state index contributed by atoms with van der Waals surface area (Å²) >= 11 is 0. The lowest BCUT2D eigenvalue weighted by molar-refractivity contribution is -0.139. The number of rotatable bonds is 7. The second-order valence-electron chi connectivity index (χ2n) is 6.39. The summed E-state index contributed by atoms with van der Waals surface area (Å²) in [6.07, 6.45) is -0.305. The van der Waals surface area contributed by atoms with Gasteiger partial charge in [-0.15, -0.1) is 0 Å². The number of nitrogens with one attached hydrogen (secondary N) is 1. The summed E-state index contributed by atoms with van der Waals surface area (Å²) in [7, 11) is 0. The van der Waals surface area contributed by atoms with E-state index in [1.807, 2.05) is 30.3 Å². The summed E-state index contributed by atoms with van der Waals surface area (Å²) < 4.78 is 5.21. The Morgan fingerprint density at radius 3 is 2.59 bits per heavy atom. The highest BCUT2D eigenvalue weighted by molar-refractivity contribution is 5.81. The molecule has 0 bridgehead atoms. The van der Waals surface area contributed by atoms with Crippen molar-refractivity contribution in [2.75, 3.05) is 0 Å². The van der Waals surface area contributed by atoms with E-state index >= 15 is 0 Å². The van der Waals surface area contributed by atoms with Crippen LogP contribution in [-0.2, 0) is 27.4 Å². The topological polar surface area (TPSA) is 119 Å². The van der Waals surface area contributed by atoms with Crippen molar-refractivity contribution in [2.45, 2.75) is 31.9 Å². The smallest absolute Gasteiger partial charge is 0.408 e. The van der Waals surface area contributed by atoms with E-state index in [0.717, 1.165) is 23.1 Å². The molecule has 2 amide bonds. The van der Waals surface area contributed by atoms with E-state index in [4.69, 9.17) is 15.6 Å². The molecule has 0 aliphatic heterocycles. The number of hydrogen-bond acceptors (Lipinski definition) is 4. The summed E-state index contributed by atoms with van der Waals surface area (Å²) in [6, 6.07) is 12.7. The first-order valence-corrected chi connectivity index (χ1v) is 8.59. The quantitative estimate of drug-likeness (QED) is 0.591. The fourth-order valence-corrected chi connectivity index (χ4v) is 3.23. The Kier molecular flexibility index (Phi) is 5.40. The summed E-state index contributed by atoms with van der Waals surface area (Å²) in [5, 5.41) is 11.4. The Morgan fingerprint density at radius 1 is 1.11 bits per heavy atom. The number of hydrogen-bond donors (Lipinski definition) is 3. The molecular weight excluding hydrogens is 348 g/mol. The molecule has 0 fully saturated rings. The highest BCUT2D eigenvalue weighted by Gasteiger charge is 2.23. The number of nitrogens with two attached hydrogens (primary N) is 1. The Bertz CT molecular complexity index is 894. The SMILES string of the molecule is NC(=O)CC[C@@H](NC(=O)OCc1cccc2c1Cc1ccccc1-2)C(=O)O. The van der Waals surface area contributed by atoms with Gasteiger partial charge in [-0.05, 0) is 40.7 Å². The van der Waals surface area contributed by atoms with Gasteiger partial charge in [0.05, 0.1) is 0 Å². The van der Waals surface area contributed by atoms with Crippen molar-refractivity contribution < 1.29 is 24.2 Å². The fraction of sp³-hybridized carbons (Fsp3) is 0.250. The molecule has 140 valence electrons. The van der Waals surface area contributed by atoms with Crippen LogP contribution in [0.25, 0.3) is 11.1 Å². The second-order valence-corrected chi connectivity index (χ2v) is 6.39. The largest absolute Gasteiger partial charge is 0.480 e. The maximum atomic E-state index is 12.0. The number of amides is 2. The van der Waals surface area contributed by atoms with Crippen LogP contribution in [0.3, 0.4) is 0 Å². The zero-order valence-corrected chi connectivity index (χ0v) is 14.6. The number of alkyl carbamates (subject to hydrolysis) is 1. The van der Waals surface area contributed by atoms with Gasteiger partial charge in [0.15, 0.2) is 0 Å². The minimum absolute atomic E-state index is 0.0329. The van der Waals surface area contributed by atoms with Gasteiger partial charge in [0.1, 0.15) is 12.6 Å². The van der Waals surface area contributed by atoms with Crippen LogP contribution in [0.15, 0.2) is 42.5 Å². The molecule has 1 atom stereocenters. The number of fused-ring (bicyclic) bond motifs is 3. The third kappa shape index (κ3) is 4.25. The molecule has 4 N–H and O–H groups in total. The van der Waals surface area contributed by atoms with E-state index in [1.165, 1.54) is 11.1 Å². The standard InChI is InChI=1S/C20H20N2O5/c21-18(23)9-8-17(19(24)25)22-20(26)27-11-13-5-3-7-15-14-6-2-1-4-12(14)10-16(13)15/h1-7,17H,8-11H2,(H2,21,23)(H,22,26)(H,24,25)/t17-/m1/s1. The molecule has 2 aromatic rings. The van der Waals surface area contributed by atoms with Crippen molar-refractivity contribution >= 4 is 18.0 Å². The first-order chi connectivity index (χ1) is 13.0. The van der Waals surface area contributed by atoms with Gasteiger partial charge < -0.3 is 20.9 Å². The van der Waals surface area contributed by atoms with Crippen LogP contribution in [0.4, 0.5) is 4.79 Å². The highest BCUT2D eigenvalue weighted by Crippen LogP contribution is 2.38. The monoisotopic (exact) mass is 368 g/mol. The van der Waals surface area contributed by atoms with Gasteiger partial charge in [-0.3, -0.25) is 4.79 Å². The average molecular weight is 368 g/mol. The van der Waals surface area contributed by atoms with Crippen molar-refractivity contribution in [2.24, 2.45) is 5.73 Å². The normalized spacial score (nSPS) is 12.6. The minimum atomic E-state index is -1.25. The molecular formula is C20H20N2O5. The average Bonchev–Trinajstić information content (AvgIpc) is 3.02. The Labute approximate surface area is 156 Å². The van der Waals surface area contributed by atoms with Gasteiger partial charge in [-0.25, -0.2) is 9.59 Å². The number of ether oxygens (including phenoxy) is 1. The fourth-order valence-electron chi connectivity index (χ4n) is 3.23. The third-order valence-corrected chi connectivity index (χ3v) is 4.58. The summed E-state index contributed by atoms with van der Waals surface area (Å²) in [4.78, 5) is 34.0. The summed E-state index contributed by atoms with van der Waals surface area (Å²) in [5.74, 6) is -1.87. The van der Waals surface area contributed by atoms with Gasteiger partial charge in [-0.1, -0.05) is 42.5 Å². The van der Waals surface area contributed by atoms with Crippen LogP contribution < -0.4 is 11.1 Å². The maximum Gasteiger partial charge on any atom is 0.408 e. The van der Waals surface area contributed by atoms with Crippen molar-refractivity contribution in [3.63, 3.8) is 0 Å². The number of carboxylic acids is 1. The van der Waals surface area contributed by atoms with Crippen LogP contribution >= 0.6 is 0 Å². The van der Waals surface area contributed by atoms with E-state index in [9.17, 15) is 14.4 Å². The number of carbonyl (C=O) groups excluding carboxylic acids is 2. The number of aliphatic carboxylic acids is 1. The minimum Gasteiger partial charge on any atom is -0.480 e. The molecule has 0 aromatic heterocycles. The highest BCUT2D eigenvalue weighted by atomic mass is 16.5. The maximum absolute atomic E-state index is 12.0. The van der Waals surface area contributed by atoms with Crippen LogP contribution in [0.5, 0.6) is 0 Å². The molecule has 7 nitrogen and oxygen atoms in total. The van der Waals surface area contributed by atoms with Gasteiger partial charge in [0.2, 0.25) is 5.91 Å². The Balaban J connectivity index is 1.63. The lowest BCUT2D eigenvalue weighted by atomic mass is 10.0. The van der Waals surface area contributed by atoms with Crippen LogP contribution in [0.1, 0.15) is 29.5 Å². The first kappa shape index (κ1) is 18.4. The van der Waals surface area contributed by atoms with Gasteiger partial charge in [0, 0.05) is 6.42 Å². The summed E-state index contributed by atoms with van der Waals surface area (Å²) in [5.41, 5.74) is 10.5. The van der Waals surface area contributed by atoms with E-state index < -0.39 is 24.0 Å². The molecule has 0 unspecified atom stereocenters. The molecule has 1 aliphatic rings. The molecule has 0 radical (unpaired) electrons. The lowest BCUT2D eigenvalue weighted by Crippen LogP contribution is -2.41. The zero-order chi connectivity index (χ0) is 19.4.